The third-order valence-corrected chi connectivity index (χ3v) is 5.87. The fraction of sp³-hybridized carbons (Fsp3) is 0. The first-order chi connectivity index (χ1) is 14.2. The number of nitrogens with one attached hydrogen (secondary N) is 2. The Balaban J connectivity index is 1.77. The molecule has 3 aromatic carbocycles. The predicted molar refractivity (Wildman–Crippen MR) is 113 cm³/mol. The molecule has 10 heteroatoms. The van der Waals surface area contributed by atoms with E-state index in [1.165, 1.54) is 48.5 Å². The Hall–Kier alpha value is -3.24. The quantitative estimate of drug-likeness (QED) is 0.473. The molecule has 0 aliphatic carbocycles. The first kappa shape index (κ1) is 21.5. The summed E-state index contributed by atoms with van der Waals surface area (Å²) in [6.45, 7) is 0. The molecule has 0 aliphatic rings. The normalized spacial score (nSPS) is 11.0. The molecule has 0 aromatic heterocycles. The molecule has 0 saturated heterocycles. The summed E-state index contributed by atoms with van der Waals surface area (Å²) >= 11 is 3.17. The summed E-state index contributed by atoms with van der Waals surface area (Å²) in [6.07, 6.45) is 0. The molecular weight excluding hydrogens is 479 g/mol. The van der Waals surface area contributed by atoms with Crippen LogP contribution >= 0.6 is 15.9 Å². The van der Waals surface area contributed by atoms with Crippen molar-refractivity contribution in [2.45, 2.75) is 4.90 Å². The fourth-order valence-corrected chi connectivity index (χ4v) is 3.93. The molecule has 0 fully saturated rings. The van der Waals surface area contributed by atoms with Gasteiger partial charge in [-0.15, -0.1) is 0 Å². The number of sulfonamides is 1. The maximum Gasteiger partial charge on any atom is 0.337 e. The van der Waals surface area contributed by atoms with Gasteiger partial charge in [0.1, 0.15) is 5.82 Å². The lowest BCUT2D eigenvalue weighted by Crippen LogP contribution is -2.16. The average molecular weight is 493 g/mol. The van der Waals surface area contributed by atoms with E-state index in [-0.39, 0.29) is 27.4 Å². The third kappa shape index (κ3) is 5.02. The van der Waals surface area contributed by atoms with Gasteiger partial charge in [-0.2, -0.15) is 0 Å². The zero-order valence-electron chi connectivity index (χ0n) is 15.1. The summed E-state index contributed by atoms with van der Waals surface area (Å²) in [7, 11) is -3.94. The maximum absolute atomic E-state index is 13.0. The molecule has 0 spiro atoms. The Kier molecular flexibility index (Phi) is 6.18. The van der Waals surface area contributed by atoms with Crippen molar-refractivity contribution in [1.29, 1.82) is 0 Å². The Bertz CT molecular complexity index is 1210. The monoisotopic (exact) mass is 492 g/mol. The van der Waals surface area contributed by atoms with Gasteiger partial charge >= 0.3 is 5.97 Å². The van der Waals surface area contributed by atoms with Gasteiger partial charge < -0.3 is 10.4 Å². The van der Waals surface area contributed by atoms with Gasteiger partial charge in [-0.25, -0.2) is 17.6 Å². The number of aromatic carboxylic acids is 1. The van der Waals surface area contributed by atoms with Gasteiger partial charge in [-0.1, -0.05) is 15.9 Å². The minimum atomic E-state index is -3.94. The van der Waals surface area contributed by atoms with Crippen LogP contribution in [0.5, 0.6) is 0 Å². The molecule has 30 heavy (non-hydrogen) atoms. The number of hydrogen-bond acceptors (Lipinski definition) is 4. The van der Waals surface area contributed by atoms with Crippen LogP contribution in [0, 0.1) is 5.82 Å². The van der Waals surface area contributed by atoms with Gasteiger partial charge in [0, 0.05) is 15.7 Å². The highest BCUT2D eigenvalue weighted by atomic mass is 79.9. The van der Waals surface area contributed by atoms with Crippen molar-refractivity contribution in [3.63, 3.8) is 0 Å². The molecule has 1 amide bonds. The number of carboxylic acid groups (broad SMARTS) is 1. The number of amides is 1. The van der Waals surface area contributed by atoms with Crippen LogP contribution in [0.1, 0.15) is 20.7 Å². The summed E-state index contributed by atoms with van der Waals surface area (Å²) in [6, 6.07) is 14.3. The summed E-state index contributed by atoms with van der Waals surface area (Å²) < 4.78 is 40.7. The van der Waals surface area contributed by atoms with Crippen molar-refractivity contribution in [2.24, 2.45) is 0 Å². The van der Waals surface area contributed by atoms with E-state index in [0.717, 1.165) is 12.1 Å². The summed E-state index contributed by atoms with van der Waals surface area (Å²) in [5.41, 5.74) is 0.329. The van der Waals surface area contributed by atoms with E-state index in [9.17, 15) is 27.5 Å². The first-order valence-electron chi connectivity index (χ1n) is 8.38. The van der Waals surface area contributed by atoms with Crippen molar-refractivity contribution in [1.82, 2.24) is 0 Å². The SMILES string of the molecule is O=C(Nc1ccc(Br)cc1C(=O)O)c1ccc(S(=O)(=O)Nc2ccc(F)cc2)cc1. The highest BCUT2D eigenvalue weighted by molar-refractivity contribution is 9.10. The van der Waals surface area contributed by atoms with E-state index >= 15 is 0 Å². The minimum Gasteiger partial charge on any atom is -0.478 e. The zero-order valence-corrected chi connectivity index (χ0v) is 17.5. The van der Waals surface area contributed by atoms with E-state index < -0.39 is 27.7 Å². The van der Waals surface area contributed by atoms with Crippen LogP contribution in [0.3, 0.4) is 0 Å². The Morgan fingerprint density at radius 2 is 1.57 bits per heavy atom. The number of anilines is 2. The lowest BCUT2D eigenvalue weighted by molar-refractivity contribution is 0.0698. The lowest BCUT2D eigenvalue weighted by atomic mass is 10.1. The minimum absolute atomic E-state index is 0.0968. The van der Waals surface area contributed by atoms with Crippen molar-refractivity contribution >= 4 is 49.2 Å². The predicted octanol–water partition coefficient (Wildman–Crippen LogP) is 4.34. The van der Waals surface area contributed by atoms with E-state index in [4.69, 9.17) is 0 Å². The Morgan fingerprint density at radius 1 is 0.933 bits per heavy atom. The topological polar surface area (TPSA) is 113 Å². The largest absolute Gasteiger partial charge is 0.478 e. The molecule has 0 unspecified atom stereocenters. The highest BCUT2D eigenvalue weighted by Crippen LogP contribution is 2.22. The number of halogens is 2. The lowest BCUT2D eigenvalue weighted by Gasteiger charge is -2.10. The second kappa shape index (κ2) is 8.64. The molecule has 3 rings (SSSR count). The molecule has 0 aliphatic heterocycles. The molecule has 3 aromatic rings. The molecule has 0 atom stereocenters. The van der Waals surface area contributed by atoms with E-state index in [1.54, 1.807) is 6.07 Å². The number of carbonyl (C=O) groups excluding carboxylic acids is 1. The molecular formula is C20H14BrFN2O5S. The molecule has 0 bridgehead atoms. The zero-order chi connectivity index (χ0) is 21.9. The second-order valence-electron chi connectivity index (χ2n) is 6.09. The number of hydrogen-bond donors (Lipinski definition) is 3. The Morgan fingerprint density at radius 3 is 2.17 bits per heavy atom. The van der Waals surface area contributed by atoms with Gasteiger partial charge in [0.2, 0.25) is 0 Å². The van der Waals surface area contributed by atoms with Crippen molar-refractivity contribution in [3.8, 4) is 0 Å². The average Bonchev–Trinajstić information content (AvgIpc) is 2.71. The van der Waals surface area contributed by atoms with Crippen molar-refractivity contribution in [2.75, 3.05) is 10.0 Å². The van der Waals surface area contributed by atoms with Crippen molar-refractivity contribution < 1.29 is 27.5 Å². The van der Waals surface area contributed by atoms with Crippen LogP contribution in [0.15, 0.2) is 76.1 Å². The summed E-state index contributed by atoms with van der Waals surface area (Å²) in [5.74, 6) is -2.31. The van der Waals surface area contributed by atoms with Crippen molar-refractivity contribution in [3.05, 3.63) is 88.1 Å². The second-order valence-corrected chi connectivity index (χ2v) is 8.68. The number of carboxylic acids is 1. The van der Waals surface area contributed by atoms with Crippen LogP contribution in [0.2, 0.25) is 0 Å². The summed E-state index contributed by atoms with van der Waals surface area (Å²) in [4.78, 5) is 23.7. The number of carbonyl (C=O) groups is 2. The third-order valence-electron chi connectivity index (χ3n) is 3.98. The smallest absolute Gasteiger partial charge is 0.337 e. The number of benzene rings is 3. The van der Waals surface area contributed by atoms with Gasteiger partial charge in [-0.3, -0.25) is 9.52 Å². The van der Waals surface area contributed by atoms with Gasteiger partial charge in [0.25, 0.3) is 15.9 Å². The number of rotatable bonds is 6. The van der Waals surface area contributed by atoms with Gasteiger partial charge in [0.15, 0.2) is 0 Å². The Labute approximate surface area is 179 Å². The van der Waals surface area contributed by atoms with Crippen LogP contribution in [0.4, 0.5) is 15.8 Å². The van der Waals surface area contributed by atoms with Crippen LogP contribution < -0.4 is 10.0 Å². The highest BCUT2D eigenvalue weighted by Gasteiger charge is 2.17. The van der Waals surface area contributed by atoms with Crippen LogP contribution in [0.25, 0.3) is 0 Å². The molecule has 3 N–H and O–H groups in total. The van der Waals surface area contributed by atoms with Gasteiger partial charge in [0.05, 0.1) is 16.1 Å². The van der Waals surface area contributed by atoms with Crippen LogP contribution in [-0.2, 0) is 10.0 Å². The van der Waals surface area contributed by atoms with Gasteiger partial charge in [-0.05, 0) is 66.7 Å². The van der Waals surface area contributed by atoms with E-state index in [0.29, 0.717) is 4.47 Å². The molecule has 0 heterocycles. The summed E-state index contributed by atoms with van der Waals surface area (Å²) in [5, 5.41) is 11.8. The standard InChI is InChI=1S/C20H14BrFN2O5S/c21-13-3-10-18(17(11-13)20(26)27)23-19(25)12-1-8-16(9-2-12)30(28,29)24-15-6-4-14(22)5-7-15/h1-11,24H,(H,23,25)(H,26,27). The fourth-order valence-electron chi connectivity index (χ4n) is 2.51. The molecule has 7 nitrogen and oxygen atoms in total. The van der Waals surface area contributed by atoms with E-state index in [1.807, 2.05) is 0 Å². The van der Waals surface area contributed by atoms with E-state index in [2.05, 4.69) is 26.0 Å². The first-order valence-corrected chi connectivity index (χ1v) is 10.7. The molecule has 0 radical (unpaired) electrons. The molecule has 0 saturated carbocycles. The maximum atomic E-state index is 13.0. The van der Waals surface area contributed by atoms with Crippen LogP contribution in [-0.4, -0.2) is 25.4 Å². The molecule has 154 valence electrons.